The predicted octanol–water partition coefficient (Wildman–Crippen LogP) is 1.92. The third kappa shape index (κ3) is 1.99. The molecule has 0 saturated carbocycles. The van der Waals surface area contributed by atoms with Crippen LogP contribution in [0, 0.1) is 0 Å². The van der Waals surface area contributed by atoms with E-state index in [1.807, 2.05) is 0 Å². The van der Waals surface area contributed by atoms with Crippen LogP contribution in [0.4, 0.5) is 11.4 Å². The molecule has 18 heavy (non-hydrogen) atoms. The van der Waals surface area contributed by atoms with Gasteiger partial charge >= 0.3 is 5.97 Å². The van der Waals surface area contributed by atoms with Crippen molar-refractivity contribution in [2.45, 2.75) is 0 Å². The number of carboxylic acid groups (broad SMARTS) is 1. The zero-order valence-electron chi connectivity index (χ0n) is 9.55. The Morgan fingerprint density at radius 3 is 2.44 bits per heavy atom. The first-order chi connectivity index (χ1) is 8.65. The maximum atomic E-state index is 11.3. The van der Waals surface area contributed by atoms with Crippen molar-refractivity contribution in [2.24, 2.45) is 5.84 Å². The van der Waals surface area contributed by atoms with E-state index in [4.69, 9.17) is 11.6 Å². The smallest absolute Gasteiger partial charge is 0.336 e. The highest BCUT2D eigenvalue weighted by Crippen LogP contribution is 2.34. The van der Waals surface area contributed by atoms with Gasteiger partial charge in [-0.05, 0) is 18.2 Å². The molecular formula is C13H13N3O2. The summed E-state index contributed by atoms with van der Waals surface area (Å²) < 4.78 is 0. The topological polar surface area (TPSA) is 101 Å². The predicted molar refractivity (Wildman–Crippen MR) is 71.1 cm³/mol. The fraction of sp³-hybridized carbons (Fsp3) is 0. The number of carboxylic acids is 1. The maximum Gasteiger partial charge on any atom is 0.336 e. The lowest BCUT2D eigenvalue weighted by Crippen LogP contribution is -2.11. The van der Waals surface area contributed by atoms with Crippen LogP contribution in [0.1, 0.15) is 10.4 Å². The largest absolute Gasteiger partial charge is 0.478 e. The molecule has 2 aromatic rings. The minimum absolute atomic E-state index is 0.156. The minimum atomic E-state index is -1.02. The number of hydrogen-bond donors (Lipinski definition) is 4. The molecular weight excluding hydrogens is 230 g/mol. The SMILES string of the molecule is NNc1cccc(C(=O)O)c1-c1ccccc1N. The average molecular weight is 243 g/mol. The molecule has 0 aliphatic carbocycles. The van der Waals surface area contributed by atoms with Crippen LogP contribution in [0.3, 0.4) is 0 Å². The van der Waals surface area contributed by atoms with Crippen molar-refractivity contribution in [2.75, 3.05) is 11.2 Å². The highest BCUT2D eigenvalue weighted by atomic mass is 16.4. The summed E-state index contributed by atoms with van der Waals surface area (Å²) in [5.41, 5.74) is 10.7. The van der Waals surface area contributed by atoms with Gasteiger partial charge in [0.25, 0.3) is 0 Å². The summed E-state index contributed by atoms with van der Waals surface area (Å²) in [5, 5.41) is 9.23. The summed E-state index contributed by atoms with van der Waals surface area (Å²) in [5.74, 6) is 4.40. The van der Waals surface area contributed by atoms with Crippen LogP contribution < -0.4 is 17.0 Å². The van der Waals surface area contributed by atoms with Crippen LogP contribution in [0.5, 0.6) is 0 Å². The van der Waals surface area contributed by atoms with Crippen LogP contribution in [-0.2, 0) is 0 Å². The van der Waals surface area contributed by atoms with E-state index in [-0.39, 0.29) is 5.56 Å². The minimum Gasteiger partial charge on any atom is -0.478 e. The van der Waals surface area contributed by atoms with Gasteiger partial charge in [0.1, 0.15) is 0 Å². The van der Waals surface area contributed by atoms with Crippen LogP contribution in [0.15, 0.2) is 42.5 Å². The van der Waals surface area contributed by atoms with E-state index in [1.54, 1.807) is 36.4 Å². The Bertz CT molecular complexity index is 597. The third-order valence-corrected chi connectivity index (χ3v) is 2.68. The van der Waals surface area contributed by atoms with Crippen molar-refractivity contribution in [1.82, 2.24) is 0 Å². The molecule has 0 amide bonds. The van der Waals surface area contributed by atoms with Crippen molar-refractivity contribution in [3.05, 3.63) is 48.0 Å². The molecule has 2 rings (SSSR count). The van der Waals surface area contributed by atoms with Gasteiger partial charge in [-0.3, -0.25) is 5.84 Å². The second-order valence-electron chi connectivity index (χ2n) is 3.76. The molecule has 2 aromatic carbocycles. The molecule has 5 nitrogen and oxygen atoms in total. The molecule has 0 aliphatic heterocycles. The number of aromatic carboxylic acids is 1. The van der Waals surface area contributed by atoms with E-state index in [9.17, 15) is 9.90 Å². The maximum absolute atomic E-state index is 11.3. The van der Waals surface area contributed by atoms with E-state index in [0.717, 1.165) is 0 Å². The number of nitrogens with two attached hydrogens (primary N) is 2. The second kappa shape index (κ2) is 4.77. The highest BCUT2D eigenvalue weighted by Gasteiger charge is 2.16. The first kappa shape index (κ1) is 11.9. The lowest BCUT2D eigenvalue weighted by molar-refractivity contribution is 0.0698. The van der Waals surface area contributed by atoms with Crippen molar-refractivity contribution >= 4 is 17.3 Å². The second-order valence-corrected chi connectivity index (χ2v) is 3.76. The Balaban J connectivity index is 2.76. The Morgan fingerprint density at radius 1 is 1.11 bits per heavy atom. The number of anilines is 2. The fourth-order valence-corrected chi connectivity index (χ4v) is 1.87. The normalized spacial score (nSPS) is 10.1. The van der Waals surface area contributed by atoms with Crippen LogP contribution in [0.2, 0.25) is 0 Å². The summed E-state index contributed by atoms with van der Waals surface area (Å²) in [6, 6.07) is 11.9. The Labute approximate surface area is 104 Å². The van der Waals surface area contributed by atoms with Gasteiger partial charge in [-0.15, -0.1) is 0 Å². The van der Waals surface area contributed by atoms with Crippen LogP contribution in [0.25, 0.3) is 11.1 Å². The summed E-state index contributed by atoms with van der Waals surface area (Å²) in [7, 11) is 0. The first-order valence-electron chi connectivity index (χ1n) is 5.33. The molecule has 0 aliphatic rings. The van der Waals surface area contributed by atoms with Gasteiger partial charge in [0, 0.05) is 16.8 Å². The summed E-state index contributed by atoms with van der Waals surface area (Å²) >= 11 is 0. The molecule has 0 fully saturated rings. The molecule has 0 saturated heterocycles. The van der Waals surface area contributed by atoms with Gasteiger partial charge in [-0.1, -0.05) is 24.3 Å². The van der Waals surface area contributed by atoms with Gasteiger partial charge in [0.2, 0.25) is 0 Å². The molecule has 0 spiro atoms. The van der Waals surface area contributed by atoms with Crippen molar-refractivity contribution in [1.29, 1.82) is 0 Å². The number of benzene rings is 2. The van der Waals surface area contributed by atoms with Gasteiger partial charge in [-0.25, -0.2) is 4.79 Å². The van der Waals surface area contributed by atoms with Gasteiger partial charge < -0.3 is 16.3 Å². The van der Waals surface area contributed by atoms with Gasteiger partial charge in [0.05, 0.1) is 11.3 Å². The standard InChI is InChI=1S/C13H13N3O2/c14-10-6-2-1-4-8(10)12-9(13(17)18)5-3-7-11(12)16-15/h1-7,16H,14-15H2,(H,17,18). The molecule has 92 valence electrons. The van der Waals surface area contributed by atoms with E-state index >= 15 is 0 Å². The average Bonchev–Trinajstić information content (AvgIpc) is 2.38. The van der Waals surface area contributed by atoms with E-state index in [0.29, 0.717) is 22.5 Å². The molecule has 0 heterocycles. The quantitative estimate of drug-likeness (QED) is 0.375. The third-order valence-electron chi connectivity index (χ3n) is 2.68. The van der Waals surface area contributed by atoms with Crippen LogP contribution >= 0.6 is 0 Å². The monoisotopic (exact) mass is 243 g/mol. The molecule has 5 heteroatoms. The van der Waals surface area contributed by atoms with Gasteiger partial charge in [-0.2, -0.15) is 0 Å². The Hall–Kier alpha value is -2.53. The number of rotatable bonds is 3. The molecule has 0 atom stereocenters. The van der Waals surface area contributed by atoms with Crippen molar-refractivity contribution in [3.63, 3.8) is 0 Å². The van der Waals surface area contributed by atoms with E-state index < -0.39 is 5.97 Å². The molecule has 0 bridgehead atoms. The molecule has 0 unspecified atom stereocenters. The number of hydrazine groups is 1. The summed E-state index contributed by atoms with van der Waals surface area (Å²) in [4.78, 5) is 11.3. The number of carbonyl (C=O) groups is 1. The number of nitrogens with one attached hydrogen (secondary N) is 1. The Morgan fingerprint density at radius 2 is 1.83 bits per heavy atom. The Kier molecular flexibility index (Phi) is 3.16. The fourth-order valence-electron chi connectivity index (χ4n) is 1.87. The summed E-state index contributed by atoms with van der Waals surface area (Å²) in [6.45, 7) is 0. The zero-order valence-corrected chi connectivity index (χ0v) is 9.55. The van der Waals surface area contributed by atoms with Crippen molar-refractivity contribution in [3.8, 4) is 11.1 Å². The number of nitrogen functional groups attached to an aromatic ring is 2. The van der Waals surface area contributed by atoms with Crippen LogP contribution in [-0.4, -0.2) is 11.1 Å². The van der Waals surface area contributed by atoms with Gasteiger partial charge in [0.15, 0.2) is 0 Å². The molecule has 0 radical (unpaired) electrons. The number of hydrogen-bond acceptors (Lipinski definition) is 4. The first-order valence-corrected chi connectivity index (χ1v) is 5.33. The summed E-state index contributed by atoms with van der Waals surface area (Å²) in [6.07, 6.45) is 0. The number of para-hydroxylation sites is 1. The lowest BCUT2D eigenvalue weighted by atomic mass is 9.96. The molecule has 6 N–H and O–H groups in total. The van der Waals surface area contributed by atoms with E-state index in [1.165, 1.54) is 6.07 Å². The molecule has 0 aromatic heterocycles. The zero-order chi connectivity index (χ0) is 13.1. The van der Waals surface area contributed by atoms with E-state index in [2.05, 4.69) is 5.43 Å². The highest BCUT2D eigenvalue weighted by molar-refractivity contribution is 6.02. The van der Waals surface area contributed by atoms with Crippen molar-refractivity contribution < 1.29 is 9.90 Å². The lowest BCUT2D eigenvalue weighted by Gasteiger charge is -2.13.